The van der Waals surface area contributed by atoms with Gasteiger partial charge in [0.15, 0.2) is 17.3 Å². The lowest BCUT2D eigenvalue weighted by molar-refractivity contribution is 0.101. The molecule has 0 bridgehead atoms. The van der Waals surface area contributed by atoms with Crippen LogP contribution in [0.1, 0.15) is 39.5 Å². The Morgan fingerprint density at radius 3 is 2.57 bits per heavy atom. The highest BCUT2D eigenvalue weighted by molar-refractivity contribution is 5.97. The third-order valence-electron chi connectivity index (χ3n) is 4.21. The molecule has 0 saturated heterocycles. The Bertz CT molecular complexity index is 777. The molecule has 2 aromatic rings. The molecule has 0 aromatic heterocycles. The van der Waals surface area contributed by atoms with Crippen molar-refractivity contribution in [3.63, 3.8) is 0 Å². The summed E-state index contributed by atoms with van der Waals surface area (Å²) in [5, 5.41) is 0. The van der Waals surface area contributed by atoms with Crippen molar-refractivity contribution in [2.45, 2.75) is 34.3 Å². The van der Waals surface area contributed by atoms with Crippen molar-refractivity contribution in [3.8, 4) is 17.2 Å². The van der Waals surface area contributed by atoms with E-state index in [9.17, 15) is 4.79 Å². The Labute approximate surface area is 136 Å². The third kappa shape index (κ3) is 2.89. The normalized spacial score (nSPS) is 12.3. The predicted octanol–water partition coefficient (Wildman–Crippen LogP) is 4.12. The van der Waals surface area contributed by atoms with Crippen LogP contribution in [-0.4, -0.2) is 12.6 Å². The summed E-state index contributed by atoms with van der Waals surface area (Å²) >= 11 is 0. The van der Waals surface area contributed by atoms with E-state index in [2.05, 4.69) is 0 Å². The molecule has 0 radical (unpaired) electrons. The average Bonchev–Trinajstić information content (AvgIpc) is 2.93. The molecule has 1 aliphatic rings. The molecule has 0 amide bonds. The minimum atomic E-state index is 0.0873. The molecule has 0 N–H and O–H groups in total. The van der Waals surface area contributed by atoms with Gasteiger partial charge in [0.25, 0.3) is 0 Å². The van der Waals surface area contributed by atoms with E-state index >= 15 is 0 Å². The SMILES string of the molecule is CC(=O)c1c(C)cc(C)c(COc2ccc3c(c2)OCO3)c1C. The van der Waals surface area contributed by atoms with Crippen LogP contribution in [0.3, 0.4) is 0 Å². The van der Waals surface area contributed by atoms with Gasteiger partial charge in [-0.2, -0.15) is 0 Å². The first-order chi connectivity index (χ1) is 11.0. The fourth-order valence-electron chi connectivity index (χ4n) is 3.11. The maximum Gasteiger partial charge on any atom is 0.231 e. The van der Waals surface area contributed by atoms with Gasteiger partial charge in [0.05, 0.1) is 0 Å². The summed E-state index contributed by atoms with van der Waals surface area (Å²) < 4.78 is 16.6. The van der Waals surface area contributed by atoms with E-state index in [1.165, 1.54) is 0 Å². The molecule has 0 fully saturated rings. The molecule has 1 aliphatic heterocycles. The lowest BCUT2D eigenvalue weighted by atomic mass is 9.92. The fraction of sp³-hybridized carbons (Fsp3) is 0.316. The number of carbonyl (C=O) groups excluding carboxylic acids is 1. The number of ketones is 1. The first-order valence-electron chi connectivity index (χ1n) is 7.60. The van der Waals surface area contributed by atoms with E-state index in [-0.39, 0.29) is 12.6 Å². The van der Waals surface area contributed by atoms with E-state index in [4.69, 9.17) is 14.2 Å². The van der Waals surface area contributed by atoms with Crippen LogP contribution >= 0.6 is 0 Å². The summed E-state index contributed by atoms with van der Waals surface area (Å²) in [6.45, 7) is 8.26. The second-order valence-corrected chi connectivity index (χ2v) is 5.85. The van der Waals surface area contributed by atoms with Gasteiger partial charge in [-0.25, -0.2) is 0 Å². The van der Waals surface area contributed by atoms with Gasteiger partial charge < -0.3 is 14.2 Å². The van der Waals surface area contributed by atoms with Gasteiger partial charge in [-0.1, -0.05) is 6.07 Å². The van der Waals surface area contributed by atoms with Crippen molar-refractivity contribution in [2.75, 3.05) is 6.79 Å². The number of Topliss-reactive ketones (excluding diaryl/α,β-unsaturated/α-hetero) is 1. The molecule has 3 rings (SSSR count). The van der Waals surface area contributed by atoms with Crippen LogP contribution < -0.4 is 14.2 Å². The Morgan fingerprint density at radius 2 is 1.83 bits per heavy atom. The van der Waals surface area contributed by atoms with Gasteiger partial charge in [0, 0.05) is 11.6 Å². The van der Waals surface area contributed by atoms with Crippen molar-refractivity contribution in [2.24, 2.45) is 0 Å². The lowest BCUT2D eigenvalue weighted by Gasteiger charge is -2.16. The Hall–Kier alpha value is -2.49. The molecule has 0 unspecified atom stereocenters. The minimum Gasteiger partial charge on any atom is -0.489 e. The molecule has 23 heavy (non-hydrogen) atoms. The molecule has 4 heteroatoms. The Balaban J connectivity index is 1.86. The summed E-state index contributed by atoms with van der Waals surface area (Å²) in [7, 11) is 0. The molecule has 0 atom stereocenters. The summed E-state index contributed by atoms with van der Waals surface area (Å²) in [4.78, 5) is 11.9. The Morgan fingerprint density at radius 1 is 1.09 bits per heavy atom. The van der Waals surface area contributed by atoms with Crippen LogP contribution in [0.5, 0.6) is 17.2 Å². The smallest absolute Gasteiger partial charge is 0.231 e. The molecule has 120 valence electrons. The zero-order valence-corrected chi connectivity index (χ0v) is 13.9. The monoisotopic (exact) mass is 312 g/mol. The van der Waals surface area contributed by atoms with E-state index in [0.29, 0.717) is 12.4 Å². The molecule has 0 spiro atoms. The van der Waals surface area contributed by atoms with E-state index in [1.54, 1.807) is 6.92 Å². The highest BCUT2D eigenvalue weighted by Crippen LogP contribution is 2.35. The van der Waals surface area contributed by atoms with Gasteiger partial charge in [0.2, 0.25) is 6.79 Å². The predicted molar refractivity (Wildman–Crippen MR) is 87.6 cm³/mol. The topological polar surface area (TPSA) is 44.8 Å². The molecular formula is C19H20O4. The van der Waals surface area contributed by atoms with Gasteiger partial charge in [0.1, 0.15) is 12.4 Å². The first-order valence-corrected chi connectivity index (χ1v) is 7.60. The minimum absolute atomic E-state index is 0.0873. The summed E-state index contributed by atoms with van der Waals surface area (Å²) in [5.41, 5.74) is 4.99. The largest absolute Gasteiger partial charge is 0.489 e. The highest BCUT2D eigenvalue weighted by atomic mass is 16.7. The molecule has 4 nitrogen and oxygen atoms in total. The number of aryl methyl sites for hydroxylation is 2. The standard InChI is InChI=1S/C19H20O4/c1-11-7-12(2)19(14(4)20)13(3)16(11)9-21-15-5-6-17-18(8-15)23-10-22-17/h5-8H,9-10H2,1-4H3. The number of rotatable bonds is 4. The maximum atomic E-state index is 11.9. The highest BCUT2D eigenvalue weighted by Gasteiger charge is 2.16. The van der Waals surface area contributed by atoms with Gasteiger partial charge in [-0.3, -0.25) is 4.79 Å². The van der Waals surface area contributed by atoms with Gasteiger partial charge >= 0.3 is 0 Å². The summed E-state index contributed by atoms with van der Waals surface area (Å²) in [6.07, 6.45) is 0. The lowest BCUT2D eigenvalue weighted by Crippen LogP contribution is -2.08. The third-order valence-corrected chi connectivity index (χ3v) is 4.21. The van der Waals surface area contributed by atoms with Crippen molar-refractivity contribution in [1.29, 1.82) is 0 Å². The van der Waals surface area contributed by atoms with Crippen LogP contribution in [0, 0.1) is 20.8 Å². The van der Waals surface area contributed by atoms with Crippen LogP contribution in [0.2, 0.25) is 0 Å². The maximum absolute atomic E-state index is 11.9. The van der Waals surface area contributed by atoms with Crippen LogP contribution in [0.25, 0.3) is 0 Å². The fourth-order valence-corrected chi connectivity index (χ4v) is 3.11. The second kappa shape index (κ2) is 5.95. The van der Waals surface area contributed by atoms with Crippen molar-refractivity contribution in [3.05, 3.63) is 52.1 Å². The molecule has 0 aliphatic carbocycles. The zero-order chi connectivity index (χ0) is 16.6. The zero-order valence-electron chi connectivity index (χ0n) is 13.9. The number of hydrogen-bond donors (Lipinski definition) is 0. The van der Waals surface area contributed by atoms with E-state index < -0.39 is 0 Å². The van der Waals surface area contributed by atoms with Crippen molar-refractivity contribution in [1.82, 2.24) is 0 Å². The summed E-state index contributed by atoms with van der Waals surface area (Å²) in [6, 6.07) is 7.57. The number of hydrogen-bond acceptors (Lipinski definition) is 4. The van der Waals surface area contributed by atoms with E-state index in [1.807, 2.05) is 45.0 Å². The van der Waals surface area contributed by atoms with Crippen LogP contribution in [0.4, 0.5) is 0 Å². The van der Waals surface area contributed by atoms with Crippen LogP contribution in [0.15, 0.2) is 24.3 Å². The first kappa shape index (κ1) is 15.4. The van der Waals surface area contributed by atoms with E-state index in [0.717, 1.165) is 39.3 Å². The number of carbonyl (C=O) groups is 1. The summed E-state index contributed by atoms with van der Waals surface area (Å²) in [5.74, 6) is 2.24. The van der Waals surface area contributed by atoms with Crippen molar-refractivity contribution >= 4 is 5.78 Å². The second-order valence-electron chi connectivity index (χ2n) is 5.85. The quantitative estimate of drug-likeness (QED) is 0.797. The molecule has 1 heterocycles. The number of benzene rings is 2. The molecular weight excluding hydrogens is 292 g/mol. The molecule has 0 saturated carbocycles. The Kier molecular flexibility index (Phi) is 3.99. The number of fused-ring (bicyclic) bond motifs is 1. The number of ether oxygens (including phenoxy) is 3. The van der Waals surface area contributed by atoms with Crippen LogP contribution in [-0.2, 0) is 6.61 Å². The average molecular weight is 312 g/mol. The van der Waals surface area contributed by atoms with Crippen molar-refractivity contribution < 1.29 is 19.0 Å². The van der Waals surface area contributed by atoms with Gasteiger partial charge in [-0.05, 0) is 62.1 Å². The van der Waals surface area contributed by atoms with Gasteiger partial charge in [-0.15, -0.1) is 0 Å². The molecule has 2 aromatic carbocycles.